The van der Waals surface area contributed by atoms with Crippen molar-refractivity contribution in [3.8, 4) is 6.07 Å². The van der Waals surface area contributed by atoms with Gasteiger partial charge in [-0.25, -0.2) is 13.4 Å². The van der Waals surface area contributed by atoms with Crippen LogP contribution in [0.4, 0.5) is 11.5 Å². The van der Waals surface area contributed by atoms with Crippen molar-refractivity contribution in [2.75, 3.05) is 23.9 Å². The molecule has 0 amide bonds. The number of hydrogen-bond acceptors (Lipinski definition) is 7. The van der Waals surface area contributed by atoms with Gasteiger partial charge < -0.3 is 5.32 Å². The molecule has 0 radical (unpaired) electrons. The molecule has 0 aromatic carbocycles. The lowest BCUT2D eigenvalue weighted by Gasteiger charge is -2.04. The van der Waals surface area contributed by atoms with Crippen molar-refractivity contribution < 1.29 is 13.3 Å². The Morgan fingerprint density at radius 2 is 2.22 bits per heavy atom. The van der Waals surface area contributed by atoms with Crippen LogP contribution in [0.2, 0.25) is 0 Å². The summed E-state index contributed by atoms with van der Waals surface area (Å²) in [6.07, 6.45) is 1.10. The molecule has 0 saturated heterocycles. The summed E-state index contributed by atoms with van der Waals surface area (Å²) in [5.41, 5.74) is -0.699. The van der Waals surface area contributed by atoms with E-state index in [1.807, 2.05) is 0 Å². The average molecular weight is 270 g/mol. The number of anilines is 1. The Kier molecular flexibility index (Phi) is 4.17. The van der Waals surface area contributed by atoms with Crippen LogP contribution in [0.5, 0.6) is 0 Å². The first-order valence-corrected chi connectivity index (χ1v) is 6.86. The number of nitriles is 1. The minimum absolute atomic E-state index is 0.0897. The number of nitrogens with zero attached hydrogens (tertiary/aromatic N) is 3. The van der Waals surface area contributed by atoms with Gasteiger partial charge in [-0.1, -0.05) is 0 Å². The monoisotopic (exact) mass is 270 g/mol. The van der Waals surface area contributed by atoms with Gasteiger partial charge in [-0.2, -0.15) is 5.26 Å². The van der Waals surface area contributed by atoms with Gasteiger partial charge in [-0.05, 0) is 6.07 Å². The van der Waals surface area contributed by atoms with Crippen LogP contribution in [0.3, 0.4) is 0 Å². The highest BCUT2D eigenvalue weighted by molar-refractivity contribution is 7.90. The number of nitrogens with one attached hydrogen (secondary N) is 1. The predicted octanol–water partition coefficient (Wildman–Crippen LogP) is 0.318. The van der Waals surface area contributed by atoms with Gasteiger partial charge in [-0.3, -0.25) is 10.1 Å². The maximum Gasteiger partial charge on any atom is 0.305 e. The number of hydrogen-bond donors (Lipinski definition) is 1. The topological polar surface area (TPSA) is 126 Å². The molecule has 0 atom stereocenters. The lowest BCUT2D eigenvalue weighted by atomic mass is 10.3. The molecule has 0 unspecified atom stereocenters. The molecule has 1 N–H and O–H groups in total. The molecule has 0 aliphatic carbocycles. The van der Waals surface area contributed by atoms with Gasteiger partial charge in [0.15, 0.2) is 0 Å². The maximum atomic E-state index is 10.9. The Bertz CT molecular complexity index is 605. The molecule has 96 valence electrons. The van der Waals surface area contributed by atoms with Gasteiger partial charge in [0.25, 0.3) is 0 Å². The minimum atomic E-state index is -3.10. The molecule has 1 heterocycles. The van der Waals surface area contributed by atoms with Crippen LogP contribution in [0.25, 0.3) is 0 Å². The number of nitro groups is 1. The molecule has 18 heavy (non-hydrogen) atoms. The molecule has 0 bridgehead atoms. The van der Waals surface area contributed by atoms with E-state index in [4.69, 9.17) is 5.26 Å². The maximum absolute atomic E-state index is 10.9. The first-order valence-electron chi connectivity index (χ1n) is 4.80. The summed E-state index contributed by atoms with van der Waals surface area (Å²) in [5.74, 6) is 0.133. The van der Waals surface area contributed by atoms with Crippen LogP contribution < -0.4 is 5.32 Å². The van der Waals surface area contributed by atoms with E-state index in [0.717, 1.165) is 12.3 Å². The summed E-state index contributed by atoms with van der Waals surface area (Å²) in [5, 5.41) is 21.9. The summed E-state index contributed by atoms with van der Waals surface area (Å²) in [6, 6.07) is 4.08. The molecule has 0 aliphatic rings. The Hall–Kier alpha value is -2.21. The van der Waals surface area contributed by atoms with Crippen molar-refractivity contribution >= 4 is 21.3 Å². The summed E-state index contributed by atoms with van der Waals surface area (Å²) < 4.78 is 21.8. The average Bonchev–Trinajstić information content (AvgIpc) is 2.26. The van der Waals surface area contributed by atoms with E-state index < -0.39 is 14.8 Å². The highest BCUT2D eigenvalue weighted by atomic mass is 32.2. The first-order chi connectivity index (χ1) is 8.33. The van der Waals surface area contributed by atoms with Gasteiger partial charge in [0.1, 0.15) is 21.7 Å². The van der Waals surface area contributed by atoms with Crippen molar-refractivity contribution in [3.05, 3.63) is 27.9 Å². The van der Waals surface area contributed by atoms with Gasteiger partial charge in [0, 0.05) is 18.9 Å². The van der Waals surface area contributed by atoms with Crippen molar-refractivity contribution in [3.63, 3.8) is 0 Å². The smallest absolute Gasteiger partial charge is 0.305 e. The zero-order valence-electron chi connectivity index (χ0n) is 9.45. The van der Waals surface area contributed by atoms with Crippen molar-refractivity contribution in [1.82, 2.24) is 4.98 Å². The van der Waals surface area contributed by atoms with Crippen molar-refractivity contribution in [1.29, 1.82) is 5.26 Å². The van der Waals surface area contributed by atoms with Gasteiger partial charge >= 0.3 is 5.69 Å². The number of aromatic nitrogens is 1. The second-order valence-electron chi connectivity index (χ2n) is 3.49. The fraction of sp³-hybridized carbons (Fsp3) is 0.333. The number of pyridine rings is 1. The summed E-state index contributed by atoms with van der Waals surface area (Å²) in [4.78, 5) is 13.6. The molecule has 0 aliphatic heterocycles. The molecule has 8 nitrogen and oxygen atoms in total. The molecule has 0 saturated carbocycles. The first kappa shape index (κ1) is 13.9. The van der Waals surface area contributed by atoms with Crippen molar-refractivity contribution in [2.45, 2.75) is 0 Å². The Morgan fingerprint density at radius 1 is 1.56 bits per heavy atom. The highest BCUT2D eigenvalue weighted by Gasteiger charge is 2.15. The SMILES string of the molecule is CS(=O)(=O)CCNc1ccc([N+](=O)[O-])c(C#N)n1. The standard InChI is InChI=1S/C9H10N4O4S/c1-18(16,17)5-4-11-9-3-2-8(13(14)15)7(6-10)12-9/h2-3H,4-5H2,1H3,(H,11,12). The molecule has 1 aromatic rings. The Labute approximate surface area is 103 Å². The minimum Gasteiger partial charge on any atom is -0.369 e. The molecule has 0 fully saturated rings. The van der Waals surface area contributed by atoms with E-state index in [2.05, 4.69) is 10.3 Å². The number of sulfone groups is 1. The van der Waals surface area contributed by atoms with E-state index in [9.17, 15) is 18.5 Å². The molecule has 1 rings (SSSR count). The summed E-state index contributed by atoms with van der Waals surface area (Å²) in [7, 11) is -3.10. The van der Waals surface area contributed by atoms with E-state index >= 15 is 0 Å². The van der Waals surface area contributed by atoms with Crippen LogP contribution in [-0.2, 0) is 9.84 Å². The third-order valence-corrected chi connectivity index (χ3v) is 2.90. The Morgan fingerprint density at radius 3 is 2.72 bits per heavy atom. The fourth-order valence-corrected chi connectivity index (χ4v) is 1.62. The third kappa shape index (κ3) is 3.99. The van der Waals surface area contributed by atoms with E-state index in [-0.39, 0.29) is 29.5 Å². The van der Waals surface area contributed by atoms with E-state index in [1.54, 1.807) is 6.07 Å². The molecule has 9 heteroatoms. The Balaban J connectivity index is 2.81. The van der Waals surface area contributed by atoms with E-state index in [0.29, 0.717) is 0 Å². The van der Waals surface area contributed by atoms with Crippen LogP contribution in [0, 0.1) is 21.4 Å². The lowest BCUT2D eigenvalue weighted by molar-refractivity contribution is -0.385. The second-order valence-corrected chi connectivity index (χ2v) is 5.75. The molecular formula is C9H10N4O4S. The quantitative estimate of drug-likeness (QED) is 0.602. The van der Waals surface area contributed by atoms with Crippen LogP contribution in [0.15, 0.2) is 12.1 Å². The normalized spacial score (nSPS) is 10.7. The van der Waals surface area contributed by atoms with Crippen LogP contribution >= 0.6 is 0 Å². The van der Waals surface area contributed by atoms with Gasteiger partial charge in [0.05, 0.1) is 10.7 Å². The van der Waals surface area contributed by atoms with Gasteiger partial charge in [-0.15, -0.1) is 0 Å². The predicted molar refractivity (Wildman–Crippen MR) is 63.8 cm³/mol. The second kappa shape index (κ2) is 5.42. The summed E-state index contributed by atoms with van der Waals surface area (Å²) in [6.45, 7) is 0.120. The van der Waals surface area contributed by atoms with Gasteiger partial charge in [0.2, 0.25) is 5.69 Å². The fourth-order valence-electron chi connectivity index (χ4n) is 1.14. The summed E-state index contributed by atoms with van der Waals surface area (Å²) >= 11 is 0. The molecular weight excluding hydrogens is 260 g/mol. The zero-order valence-corrected chi connectivity index (χ0v) is 10.3. The highest BCUT2D eigenvalue weighted by Crippen LogP contribution is 2.17. The molecule has 1 aromatic heterocycles. The zero-order chi connectivity index (χ0) is 13.8. The number of rotatable bonds is 5. The molecule has 0 spiro atoms. The van der Waals surface area contributed by atoms with E-state index in [1.165, 1.54) is 6.07 Å². The van der Waals surface area contributed by atoms with Crippen LogP contribution in [-0.4, -0.2) is 36.9 Å². The largest absolute Gasteiger partial charge is 0.369 e. The van der Waals surface area contributed by atoms with Crippen molar-refractivity contribution in [2.24, 2.45) is 0 Å². The van der Waals surface area contributed by atoms with Crippen LogP contribution in [0.1, 0.15) is 5.69 Å². The third-order valence-electron chi connectivity index (χ3n) is 1.96. The lowest BCUT2D eigenvalue weighted by Crippen LogP contribution is -2.15.